The van der Waals surface area contributed by atoms with Crippen LogP contribution in [-0.2, 0) is 4.79 Å². The van der Waals surface area contributed by atoms with Crippen LogP contribution < -0.4 is 9.67 Å². The highest BCUT2D eigenvalue weighted by Crippen LogP contribution is 2.42. The molecule has 34 heavy (non-hydrogen) atoms. The Kier molecular flexibility index (Phi) is 3.67. The van der Waals surface area contributed by atoms with Crippen LogP contribution in [0.2, 0.25) is 0 Å². The smallest absolute Gasteiger partial charge is 0.224 e. The summed E-state index contributed by atoms with van der Waals surface area (Å²) in [6, 6.07) is 22.4. The Hall–Kier alpha value is -4.44. The molecule has 2 aliphatic rings. The van der Waals surface area contributed by atoms with Gasteiger partial charge in [-0.05, 0) is 48.4 Å². The van der Waals surface area contributed by atoms with Gasteiger partial charge in [0.05, 0.1) is 22.2 Å². The van der Waals surface area contributed by atoms with Crippen LogP contribution in [0.3, 0.4) is 0 Å². The number of ketones is 1. The Balaban J connectivity index is 1.46. The molecule has 0 fully saturated rings. The van der Waals surface area contributed by atoms with Gasteiger partial charge >= 0.3 is 0 Å². The summed E-state index contributed by atoms with van der Waals surface area (Å²) in [7, 11) is 0. The lowest BCUT2D eigenvalue weighted by atomic mass is 9.82. The molecule has 4 heterocycles. The molecule has 162 valence electrons. The van der Waals surface area contributed by atoms with E-state index < -0.39 is 0 Å². The van der Waals surface area contributed by atoms with Gasteiger partial charge in [0.15, 0.2) is 6.20 Å². The number of rotatable bonds is 1. The zero-order valence-corrected chi connectivity index (χ0v) is 18.8. The van der Waals surface area contributed by atoms with Crippen LogP contribution >= 0.6 is 0 Å². The average Bonchev–Trinajstić information content (AvgIpc) is 3.36. The highest BCUT2D eigenvalue weighted by molar-refractivity contribution is 6.40. The number of allylic oxidation sites excluding steroid dienone is 4. The SMILES string of the molecule is CC1=Cc2c3ccccc3cc[n+]2C1=C1C(=O)C(c2c(C)cc3c4ccccc4ccn23)=C1[O-]. The maximum absolute atomic E-state index is 13.6. The molecule has 1 aliphatic heterocycles. The number of carbonyl (C=O) groups is 1. The van der Waals surface area contributed by atoms with Gasteiger partial charge in [-0.15, -0.1) is 0 Å². The minimum atomic E-state index is -0.183. The van der Waals surface area contributed by atoms with Crippen molar-refractivity contribution in [3.05, 3.63) is 113 Å². The second kappa shape index (κ2) is 6.55. The molecule has 7 rings (SSSR count). The van der Waals surface area contributed by atoms with Crippen molar-refractivity contribution in [2.24, 2.45) is 0 Å². The number of benzene rings is 2. The van der Waals surface area contributed by atoms with E-state index in [0.29, 0.717) is 11.4 Å². The van der Waals surface area contributed by atoms with Crippen LogP contribution in [0.15, 0.2) is 96.0 Å². The number of hydrogen-bond acceptors (Lipinski definition) is 2. The van der Waals surface area contributed by atoms with Gasteiger partial charge < -0.3 is 9.51 Å². The fraction of sp³-hybridized carbons (Fsp3) is 0.0667. The second-order valence-electron chi connectivity index (χ2n) is 9.08. The molecule has 3 aromatic heterocycles. The molecule has 1 aliphatic carbocycles. The first kappa shape index (κ1) is 19.1. The number of aryl methyl sites for hydroxylation is 1. The van der Waals surface area contributed by atoms with Crippen molar-refractivity contribution >= 4 is 50.2 Å². The van der Waals surface area contributed by atoms with E-state index >= 15 is 0 Å². The van der Waals surface area contributed by atoms with E-state index in [0.717, 1.165) is 43.9 Å². The van der Waals surface area contributed by atoms with Crippen molar-refractivity contribution in [3.8, 4) is 0 Å². The zero-order chi connectivity index (χ0) is 23.1. The molecule has 0 saturated heterocycles. The third kappa shape index (κ3) is 2.32. The summed E-state index contributed by atoms with van der Waals surface area (Å²) in [4.78, 5) is 13.6. The Morgan fingerprint density at radius 1 is 0.853 bits per heavy atom. The predicted octanol–water partition coefficient (Wildman–Crippen LogP) is 4.82. The van der Waals surface area contributed by atoms with E-state index in [2.05, 4.69) is 36.4 Å². The normalized spacial score (nSPS) is 17.6. The van der Waals surface area contributed by atoms with E-state index in [1.165, 1.54) is 0 Å². The number of nitrogens with zero attached hydrogens (tertiary/aromatic N) is 2. The quantitative estimate of drug-likeness (QED) is 0.277. The largest absolute Gasteiger partial charge is 0.871 e. The molecule has 0 radical (unpaired) electrons. The minimum absolute atomic E-state index is 0.183. The molecule has 2 aromatic carbocycles. The lowest BCUT2D eigenvalue weighted by Gasteiger charge is -2.30. The van der Waals surface area contributed by atoms with Gasteiger partial charge in [0, 0.05) is 34.9 Å². The maximum Gasteiger partial charge on any atom is 0.224 e. The number of hydrogen-bond donors (Lipinski definition) is 0. The van der Waals surface area contributed by atoms with Gasteiger partial charge in [-0.2, -0.15) is 4.57 Å². The van der Waals surface area contributed by atoms with Crippen molar-refractivity contribution in [3.63, 3.8) is 0 Å². The lowest BCUT2D eigenvalue weighted by molar-refractivity contribution is -0.577. The molecule has 5 aromatic rings. The van der Waals surface area contributed by atoms with Crippen molar-refractivity contribution in [1.29, 1.82) is 0 Å². The number of pyridine rings is 2. The standard InChI is InChI=1S/C30H20N2O2/c1-17-15-23-21-9-5-3-7-19(21)11-13-31(23)27(17)25-29(33)26(30(25)34)28-18(2)16-24-22-10-6-4-8-20(22)12-14-32(24)28/h3-16H,1-2H3. The summed E-state index contributed by atoms with van der Waals surface area (Å²) in [6.45, 7) is 3.93. The summed E-state index contributed by atoms with van der Waals surface area (Å²) in [5.74, 6) is -0.366. The fourth-order valence-electron chi connectivity index (χ4n) is 5.55. The van der Waals surface area contributed by atoms with Gasteiger partial charge in [0.1, 0.15) is 0 Å². The average molecular weight is 441 g/mol. The monoisotopic (exact) mass is 440 g/mol. The van der Waals surface area contributed by atoms with Crippen LogP contribution in [0.5, 0.6) is 0 Å². The van der Waals surface area contributed by atoms with Crippen molar-refractivity contribution in [2.75, 3.05) is 0 Å². The maximum atomic E-state index is 13.6. The Bertz CT molecular complexity index is 1850. The number of Topliss-reactive ketones (excluding diaryl/α,β-unsaturated/α-hetero) is 1. The van der Waals surface area contributed by atoms with Gasteiger partial charge in [0.25, 0.3) is 0 Å². The number of fused-ring (bicyclic) bond motifs is 6. The molecule has 0 saturated carbocycles. The summed E-state index contributed by atoms with van der Waals surface area (Å²) in [5, 5.41) is 18.0. The van der Waals surface area contributed by atoms with Gasteiger partial charge in [0.2, 0.25) is 17.2 Å². The van der Waals surface area contributed by atoms with Crippen LogP contribution in [0.25, 0.3) is 44.4 Å². The molecule has 4 nitrogen and oxygen atoms in total. The first-order chi connectivity index (χ1) is 16.5. The minimum Gasteiger partial charge on any atom is -0.871 e. The third-order valence-electron chi connectivity index (χ3n) is 7.12. The fourth-order valence-corrected chi connectivity index (χ4v) is 5.55. The molecule has 0 amide bonds. The van der Waals surface area contributed by atoms with E-state index in [4.69, 9.17) is 0 Å². The topological polar surface area (TPSA) is 48.4 Å². The van der Waals surface area contributed by atoms with E-state index in [1.807, 2.05) is 71.6 Å². The van der Waals surface area contributed by atoms with Crippen molar-refractivity contribution < 1.29 is 14.5 Å². The highest BCUT2D eigenvalue weighted by Gasteiger charge is 2.40. The highest BCUT2D eigenvalue weighted by atomic mass is 16.3. The van der Waals surface area contributed by atoms with Crippen molar-refractivity contribution in [1.82, 2.24) is 4.40 Å². The Morgan fingerprint density at radius 3 is 2.32 bits per heavy atom. The Morgan fingerprint density at radius 2 is 1.56 bits per heavy atom. The van der Waals surface area contributed by atoms with E-state index in [9.17, 15) is 9.90 Å². The summed E-state index contributed by atoms with van der Waals surface area (Å²) >= 11 is 0. The molecule has 0 spiro atoms. The Labute approximate surface area is 196 Å². The first-order valence-electron chi connectivity index (χ1n) is 11.4. The molecule has 0 N–H and O–H groups in total. The van der Waals surface area contributed by atoms with E-state index in [1.54, 1.807) is 0 Å². The lowest BCUT2D eigenvalue weighted by Crippen LogP contribution is -2.39. The summed E-state index contributed by atoms with van der Waals surface area (Å²) < 4.78 is 3.96. The van der Waals surface area contributed by atoms with Gasteiger partial charge in [-0.25, -0.2) is 0 Å². The van der Waals surface area contributed by atoms with Crippen LogP contribution in [-0.4, -0.2) is 10.2 Å². The predicted molar refractivity (Wildman–Crippen MR) is 133 cm³/mol. The summed E-state index contributed by atoms with van der Waals surface area (Å²) in [6.07, 6.45) is 5.97. The van der Waals surface area contributed by atoms with Crippen LogP contribution in [0.1, 0.15) is 23.9 Å². The molecule has 0 bridgehead atoms. The number of aromatic nitrogens is 2. The molecular formula is C30H20N2O2. The molecule has 0 unspecified atom stereocenters. The van der Waals surface area contributed by atoms with E-state index in [-0.39, 0.29) is 22.7 Å². The molecule has 0 atom stereocenters. The van der Waals surface area contributed by atoms with Crippen LogP contribution in [0.4, 0.5) is 0 Å². The molecular weight excluding hydrogens is 420 g/mol. The van der Waals surface area contributed by atoms with Crippen LogP contribution in [0, 0.1) is 6.92 Å². The van der Waals surface area contributed by atoms with Gasteiger partial charge in [-0.3, -0.25) is 4.79 Å². The first-order valence-corrected chi connectivity index (χ1v) is 11.4. The summed E-state index contributed by atoms with van der Waals surface area (Å²) in [5.41, 5.74) is 5.80. The van der Waals surface area contributed by atoms with Crippen molar-refractivity contribution in [2.45, 2.75) is 13.8 Å². The molecule has 4 heteroatoms. The second-order valence-corrected chi connectivity index (χ2v) is 9.08. The van der Waals surface area contributed by atoms with Gasteiger partial charge in [-0.1, -0.05) is 48.2 Å². The zero-order valence-electron chi connectivity index (χ0n) is 18.8. The number of carbonyl (C=O) groups excluding carboxylic acids is 1. The third-order valence-corrected chi connectivity index (χ3v) is 7.12.